The molecule has 0 aliphatic heterocycles. The smallest absolute Gasteiger partial charge is 0.185 e. The number of aliphatic hydroxyl groups is 2. The van der Waals surface area contributed by atoms with E-state index in [9.17, 15) is 19.4 Å². The Bertz CT molecular complexity index is 501. The predicted molar refractivity (Wildman–Crippen MR) is 69.8 cm³/mol. The molecule has 102 valence electrons. The fraction of sp³-hybridized carbons (Fsp3) is 0.385. The largest absolute Gasteiger partial charge is 0.390 e. The van der Waals surface area contributed by atoms with Crippen molar-refractivity contribution in [3.05, 3.63) is 35.1 Å². The summed E-state index contributed by atoms with van der Waals surface area (Å²) in [6, 6.07) is 5.18. The molecule has 0 fully saturated rings. The van der Waals surface area contributed by atoms with Gasteiger partial charge in [0, 0.05) is 18.2 Å². The number of hydrogen-bond acceptors (Lipinski definition) is 5. The molecule has 0 aliphatic carbocycles. The van der Waals surface area contributed by atoms with Crippen molar-refractivity contribution in [2.45, 2.75) is 25.6 Å². The molecular weight excluding hydrogens is 269 g/mol. The van der Waals surface area contributed by atoms with E-state index in [0.29, 0.717) is 5.75 Å². The van der Waals surface area contributed by atoms with Crippen LogP contribution in [0.1, 0.15) is 30.6 Å². The van der Waals surface area contributed by atoms with Crippen molar-refractivity contribution in [3.63, 3.8) is 0 Å². The van der Waals surface area contributed by atoms with E-state index in [1.807, 2.05) is 0 Å². The van der Waals surface area contributed by atoms with Gasteiger partial charge in [-0.05, 0) is 18.6 Å². The SMILES string of the molecule is CC(=O)SCCC(O)C(O)c1ccc(F)cc1C#N. The lowest BCUT2D eigenvalue weighted by Crippen LogP contribution is -2.20. The molecule has 6 heteroatoms. The molecule has 0 heterocycles. The average Bonchev–Trinajstić information content (AvgIpc) is 2.37. The fourth-order valence-corrected chi connectivity index (χ4v) is 2.22. The van der Waals surface area contributed by atoms with Crippen LogP contribution in [0.2, 0.25) is 0 Å². The summed E-state index contributed by atoms with van der Waals surface area (Å²) >= 11 is 1.05. The van der Waals surface area contributed by atoms with Crippen LogP contribution >= 0.6 is 11.8 Å². The monoisotopic (exact) mass is 283 g/mol. The highest BCUT2D eigenvalue weighted by atomic mass is 32.2. The molecule has 2 unspecified atom stereocenters. The first-order valence-corrected chi connectivity index (χ1v) is 6.63. The Morgan fingerprint density at radius 3 is 2.79 bits per heavy atom. The zero-order chi connectivity index (χ0) is 14.4. The highest BCUT2D eigenvalue weighted by Gasteiger charge is 2.21. The minimum Gasteiger partial charge on any atom is -0.390 e. The number of aliphatic hydroxyl groups excluding tert-OH is 2. The van der Waals surface area contributed by atoms with Gasteiger partial charge in [0.2, 0.25) is 0 Å². The third-order valence-corrected chi connectivity index (χ3v) is 3.38. The van der Waals surface area contributed by atoms with Gasteiger partial charge in [-0.25, -0.2) is 4.39 Å². The van der Waals surface area contributed by atoms with Gasteiger partial charge in [-0.1, -0.05) is 17.8 Å². The van der Waals surface area contributed by atoms with Gasteiger partial charge in [-0.3, -0.25) is 4.79 Å². The number of nitriles is 1. The fourth-order valence-electron chi connectivity index (χ4n) is 1.57. The predicted octanol–water partition coefficient (Wildman–Crippen LogP) is 1.76. The van der Waals surface area contributed by atoms with Crippen LogP contribution in [0.5, 0.6) is 0 Å². The summed E-state index contributed by atoms with van der Waals surface area (Å²) in [6.07, 6.45) is -2.18. The standard InChI is InChI=1S/C13H14FNO3S/c1-8(16)19-5-4-12(17)13(18)11-3-2-10(14)6-9(11)7-15/h2-3,6,12-13,17-18H,4-5H2,1H3. The van der Waals surface area contributed by atoms with E-state index >= 15 is 0 Å². The summed E-state index contributed by atoms with van der Waals surface area (Å²) in [5, 5.41) is 28.5. The number of carbonyl (C=O) groups is 1. The molecule has 0 saturated heterocycles. The van der Waals surface area contributed by atoms with Crippen LogP contribution in [0.4, 0.5) is 4.39 Å². The molecule has 19 heavy (non-hydrogen) atoms. The van der Waals surface area contributed by atoms with Crippen LogP contribution in [0.15, 0.2) is 18.2 Å². The van der Waals surface area contributed by atoms with Gasteiger partial charge in [0.15, 0.2) is 5.12 Å². The lowest BCUT2D eigenvalue weighted by atomic mass is 9.98. The third-order valence-electron chi connectivity index (χ3n) is 2.54. The van der Waals surface area contributed by atoms with Crippen molar-refractivity contribution in [1.29, 1.82) is 5.26 Å². The molecule has 1 aromatic carbocycles. The summed E-state index contributed by atoms with van der Waals surface area (Å²) in [7, 11) is 0. The molecule has 0 aliphatic rings. The maximum absolute atomic E-state index is 13.0. The first kappa shape index (κ1) is 15.6. The Hall–Kier alpha value is -1.42. The van der Waals surface area contributed by atoms with E-state index in [2.05, 4.69) is 0 Å². The first-order valence-electron chi connectivity index (χ1n) is 5.64. The Labute approximate surface area is 114 Å². The number of carbonyl (C=O) groups excluding carboxylic acids is 1. The van der Waals surface area contributed by atoms with Gasteiger partial charge in [0.25, 0.3) is 0 Å². The van der Waals surface area contributed by atoms with E-state index in [0.717, 1.165) is 23.9 Å². The van der Waals surface area contributed by atoms with Crippen molar-refractivity contribution in [3.8, 4) is 6.07 Å². The molecule has 0 radical (unpaired) electrons. The number of halogens is 1. The summed E-state index contributed by atoms with van der Waals surface area (Å²) in [5.41, 5.74) is 0.176. The first-order chi connectivity index (χ1) is 8.95. The molecule has 0 saturated carbocycles. The molecule has 0 bridgehead atoms. The lowest BCUT2D eigenvalue weighted by molar-refractivity contribution is -0.109. The summed E-state index contributed by atoms with van der Waals surface area (Å²) in [4.78, 5) is 10.7. The topological polar surface area (TPSA) is 81.3 Å². The van der Waals surface area contributed by atoms with E-state index in [-0.39, 0.29) is 22.7 Å². The van der Waals surface area contributed by atoms with Gasteiger partial charge < -0.3 is 10.2 Å². The van der Waals surface area contributed by atoms with Crippen LogP contribution in [0, 0.1) is 17.1 Å². The Morgan fingerprint density at radius 2 is 2.21 bits per heavy atom. The lowest BCUT2D eigenvalue weighted by Gasteiger charge is -2.18. The Balaban J connectivity index is 2.74. The van der Waals surface area contributed by atoms with E-state index in [1.165, 1.54) is 13.0 Å². The Kier molecular flexibility index (Phi) is 5.96. The molecule has 2 atom stereocenters. The number of benzene rings is 1. The van der Waals surface area contributed by atoms with Gasteiger partial charge in [0.1, 0.15) is 11.9 Å². The number of hydrogen-bond donors (Lipinski definition) is 2. The third kappa shape index (κ3) is 4.63. The summed E-state index contributed by atoms with van der Waals surface area (Å²) in [5.74, 6) is -0.203. The van der Waals surface area contributed by atoms with Crippen LogP contribution in [-0.4, -0.2) is 27.2 Å². The summed E-state index contributed by atoms with van der Waals surface area (Å²) < 4.78 is 13.0. The van der Waals surface area contributed by atoms with E-state index in [1.54, 1.807) is 6.07 Å². The van der Waals surface area contributed by atoms with Crippen molar-refractivity contribution in [1.82, 2.24) is 0 Å². The van der Waals surface area contributed by atoms with Gasteiger partial charge >= 0.3 is 0 Å². The minimum absolute atomic E-state index is 0.00855. The zero-order valence-corrected chi connectivity index (χ0v) is 11.2. The number of rotatable bonds is 5. The molecule has 1 rings (SSSR count). The van der Waals surface area contributed by atoms with Crippen molar-refractivity contribution in [2.24, 2.45) is 0 Å². The normalized spacial score (nSPS) is 13.6. The minimum atomic E-state index is -1.28. The second-order valence-electron chi connectivity index (χ2n) is 3.98. The molecule has 1 aromatic rings. The molecular formula is C13H14FNO3S. The summed E-state index contributed by atoms with van der Waals surface area (Å²) in [6.45, 7) is 1.42. The van der Waals surface area contributed by atoms with Crippen LogP contribution in [0.25, 0.3) is 0 Å². The zero-order valence-electron chi connectivity index (χ0n) is 10.3. The van der Waals surface area contributed by atoms with Gasteiger partial charge in [-0.15, -0.1) is 0 Å². The highest BCUT2D eigenvalue weighted by Crippen LogP contribution is 2.24. The van der Waals surface area contributed by atoms with Crippen LogP contribution in [-0.2, 0) is 4.79 Å². The second kappa shape index (κ2) is 7.24. The highest BCUT2D eigenvalue weighted by molar-refractivity contribution is 8.13. The molecule has 0 spiro atoms. The van der Waals surface area contributed by atoms with Crippen molar-refractivity contribution < 1.29 is 19.4 Å². The Morgan fingerprint density at radius 1 is 1.53 bits per heavy atom. The van der Waals surface area contributed by atoms with E-state index in [4.69, 9.17) is 5.26 Å². The number of thioether (sulfide) groups is 1. The quantitative estimate of drug-likeness (QED) is 0.860. The molecule has 4 nitrogen and oxygen atoms in total. The molecule has 2 N–H and O–H groups in total. The second-order valence-corrected chi connectivity index (χ2v) is 5.26. The van der Waals surface area contributed by atoms with E-state index < -0.39 is 18.0 Å². The van der Waals surface area contributed by atoms with Crippen molar-refractivity contribution >= 4 is 16.9 Å². The van der Waals surface area contributed by atoms with Gasteiger partial charge in [0.05, 0.1) is 17.7 Å². The van der Waals surface area contributed by atoms with Crippen LogP contribution in [0.3, 0.4) is 0 Å². The van der Waals surface area contributed by atoms with Crippen molar-refractivity contribution in [2.75, 3.05) is 5.75 Å². The van der Waals surface area contributed by atoms with Crippen LogP contribution < -0.4 is 0 Å². The maximum Gasteiger partial charge on any atom is 0.185 e. The molecule has 0 amide bonds. The molecule has 0 aromatic heterocycles. The average molecular weight is 283 g/mol. The van der Waals surface area contributed by atoms with Gasteiger partial charge in [-0.2, -0.15) is 5.26 Å². The maximum atomic E-state index is 13.0. The number of nitrogens with zero attached hydrogens (tertiary/aromatic N) is 1.